The Bertz CT molecular complexity index is 1030. The van der Waals surface area contributed by atoms with Gasteiger partial charge in [-0.1, -0.05) is 18.2 Å². The van der Waals surface area contributed by atoms with Gasteiger partial charge in [0, 0.05) is 17.8 Å². The third-order valence-electron chi connectivity index (χ3n) is 4.27. The van der Waals surface area contributed by atoms with Gasteiger partial charge in [0.25, 0.3) is 5.91 Å². The Morgan fingerprint density at radius 2 is 1.86 bits per heavy atom. The lowest BCUT2D eigenvalue weighted by atomic mass is 9.91. The summed E-state index contributed by atoms with van der Waals surface area (Å²) >= 11 is 0. The number of carboxylic acids is 1. The van der Waals surface area contributed by atoms with Gasteiger partial charge in [0.05, 0.1) is 6.54 Å². The Hall–Kier alpha value is -3.75. The van der Waals surface area contributed by atoms with Crippen LogP contribution in [0.2, 0.25) is 0 Å². The quantitative estimate of drug-likeness (QED) is 0.669. The molecule has 29 heavy (non-hydrogen) atoms. The highest BCUT2D eigenvalue weighted by molar-refractivity contribution is 6.01. The van der Waals surface area contributed by atoms with E-state index in [-0.39, 0.29) is 23.4 Å². The molecule has 0 spiro atoms. The van der Waals surface area contributed by atoms with Crippen molar-refractivity contribution in [2.45, 2.75) is 13.5 Å². The number of hydrogen-bond donors (Lipinski definition) is 3. The van der Waals surface area contributed by atoms with Crippen LogP contribution in [0.4, 0.5) is 8.78 Å². The summed E-state index contributed by atoms with van der Waals surface area (Å²) in [7, 11) is 0. The van der Waals surface area contributed by atoms with Crippen LogP contribution in [0, 0.1) is 11.6 Å². The molecule has 9 heteroatoms. The summed E-state index contributed by atoms with van der Waals surface area (Å²) < 4.78 is 27.4. The van der Waals surface area contributed by atoms with Crippen LogP contribution in [0.3, 0.4) is 0 Å². The van der Waals surface area contributed by atoms with Gasteiger partial charge >= 0.3 is 5.97 Å². The van der Waals surface area contributed by atoms with Crippen LogP contribution in [0.5, 0.6) is 0 Å². The van der Waals surface area contributed by atoms with Gasteiger partial charge in [0.15, 0.2) is 11.5 Å². The number of fused-ring (bicyclic) bond motifs is 1. The van der Waals surface area contributed by atoms with Crippen molar-refractivity contribution >= 4 is 23.9 Å². The van der Waals surface area contributed by atoms with Gasteiger partial charge in [0.1, 0.15) is 18.2 Å². The first-order chi connectivity index (χ1) is 13.8. The maximum absolute atomic E-state index is 13.7. The topological polar surface area (TPSA) is 102 Å². The van der Waals surface area contributed by atoms with Gasteiger partial charge in [-0.2, -0.15) is 5.10 Å². The zero-order chi connectivity index (χ0) is 21.1. The van der Waals surface area contributed by atoms with E-state index in [0.29, 0.717) is 11.1 Å². The maximum Gasteiger partial charge on any atom is 0.322 e. The molecule has 0 saturated heterocycles. The summed E-state index contributed by atoms with van der Waals surface area (Å²) in [6.07, 6.45) is 1.40. The molecular weight excluding hydrogens is 384 g/mol. The van der Waals surface area contributed by atoms with Gasteiger partial charge in [-0.15, -0.1) is 0 Å². The third kappa shape index (κ3) is 4.08. The third-order valence-corrected chi connectivity index (χ3v) is 4.27. The maximum atomic E-state index is 13.7. The lowest BCUT2D eigenvalue weighted by Gasteiger charge is -2.29. The minimum absolute atomic E-state index is 0.0217. The Balaban J connectivity index is 2.14. The zero-order valence-electron chi connectivity index (χ0n) is 15.3. The van der Waals surface area contributed by atoms with Crippen molar-refractivity contribution in [2.24, 2.45) is 5.10 Å². The molecule has 1 heterocycles. The number of amides is 1. The molecule has 0 bridgehead atoms. The van der Waals surface area contributed by atoms with E-state index in [1.54, 1.807) is 25.1 Å². The first-order valence-electron chi connectivity index (χ1n) is 8.60. The lowest BCUT2D eigenvalue weighted by Crippen LogP contribution is -2.38. The summed E-state index contributed by atoms with van der Waals surface area (Å²) in [5, 5.41) is 27.0. The fourth-order valence-electron chi connectivity index (χ4n) is 3.14. The molecular formula is C20H17F2N3O4. The van der Waals surface area contributed by atoms with Crippen molar-refractivity contribution in [2.75, 3.05) is 6.54 Å². The molecule has 0 aliphatic carbocycles. The van der Waals surface area contributed by atoms with E-state index in [0.717, 1.165) is 6.07 Å². The second kappa shape index (κ2) is 8.09. The molecule has 2 aromatic carbocycles. The minimum atomic E-state index is -1.24. The van der Waals surface area contributed by atoms with Crippen LogP contribution in [0.25, 0.3) is 16.9 Å². The van der Waals surface area contributed by atoms with Crippen LogP contribution < -0.4 is 5.32 Å². The fraction of sp³-hybridized carbons (Fsp3) is 0.150. The normalized spacial score (nSPS) is 13.6. The van der Waals surface area contributed by atoms with E-state index >= 15 is 0 Å². The first-order valence-corrected chi connectivity index (χ1v) is 8.60. The molecule has 0 aromatic heterocycles. The predicted octanol–water partition coefficient (Wildman–Crippen LogP) is 2.88. The Morgan fingerprint density at radius 1 is 1.21 bits per heavy atom. The predicted molar refractivity (Wildman–Crippen MR) is 102 cm³/mol. The van der Waals surface area contributed by atoms with E-state index in [1.165, 1.54) is 23.4 Å². The molecule has 0 unspecified atom stereocenters. The average molecular weight is 401 g/mol. The molecule has 2 aromatic rings. The highest BCUT2D eigenvalue weighted by Gasteiger charge is 2.31. The fourth-order valence-corrected chi connectivity index (χ4v) is 3.14. The summed E-state index contributed by atoms with van der Waals surface area (Å²) in [6.45, 7) is 0.996. The molecule has 3 rings (SSSR count). The minimum Gasteiger partial charge on any atom is -0.505 e. The number of nitrogens with one attached hydrogen (secondary N) is 1. The first kappa shape index (κ1) is 20.0. The van der Waals surface area contributed by atoms with Crippen molar-refractivity contribution in [3.8, 4) is 11.1 Å². The SMILES string of the molecule is C/C=N\N1Cc2c(cccc2-c2cc(F)cc(F)c2)C(O)=C1C(=O)NCC(=O)O. The number of nitrogens with zero attached hydrogens (tertiary/aromatic N) is 2. The number of hydrogen-bond acceptors (Lipinski definition) is 5. The van der Waals surface area contributed by atoms with Crippen molar-refractivity contribution in [1.82, 2.24) is 10.3 Å². The largest absolute Gasteiger partial charge is 0.505 e. The van der Waals surface area contributed by atoms with Crippen LogP contribution in [-0.4, -0.2) is 39.9 Å². The summed E-state index contributed by atoms with van der Waals surface area (Å²) in [4.78, 5) is 23.2. The van der Waals surface area contributed by atoms with Gasteiger partial charge < -0.3 is 15.5 Å². The van der Waals surface area contributed by atoms with Gasteiger partial charge in [0.2, 0.25) is 0 Å². The Morgan fingerprint density at radius 3 is 2.48 bits per heavy atom. The zero-order valence-corrected chi connectivity index (χ0v) is 15.3. The summed E-state index contributed by atoms with van der Waals surface area (Å²) in [5.74, 6) is -3.96. The molecule has 0 atom stereocenters. The number of aliphatic carboxylic acids is 1. The molecule has 3 N–H and O–H groups in total. The monoisotopic (exact) mass is 401 g/mol. The molecule has 1 aliphatic rings. The van der Waals surface area contributed by atoms with Crippen LogP contribution >= 0.6 is 0 Å². The lowest BCUT2D eigenvalue weighted by molar-refractivity contribution is -0.137. The van der Waals surface area contributed by atoms with Crippen molar-refractivity contribution in [1.29, 1.82) is 0 Å². The number of benzene rings is 2. The van der Waals surface area contributed by atoms with Crippen LogP contribution in [-0.2, 0) is 16.1 Å². The average Bonchev–Trinajstić information content (AvgIpc) is 2.65. The molecule has 150 valence electrons. The summed E-state index contributed by atoms with van der Waals surface area (Å²) in [5.41, 5.74) is 1.31. The number of carbonyl (C=O) groups is 2. The second-order valence-corrected chi connectivity index (χ2v) is 6.19. The van der Waals surface area contributed by atoms with E-state index in [1.807, 2.05) is 0 Å². The number of rotatable bonds is 5. The van der Waals surface area contributed by atoms with Crippen molar-refractivity contribution in [3.05, 3.63) is 64.9 Å². The number of carbonyl (C=O) groups excluding carboxylic acids is 1. The van der Waals surface area contributed by atoms with Crippen molar-refractivity contribution in [3.63, 3.8) is 0 Å². The smallest absolute Gasteiger partial charge is 0.322 e. The van der Waals surface area contributed by atoms with E-state index < -0.39 is 35.8 Å². The number of aliphatic hydroxyl groups excluding tert-OH is 1. The Kier molecular flexibility index (Phi) is 5.58. The number of hydrazone groups is 1. The summed E-state index contributed by atoms with van der Waals surface area (Å²) in [6, 6.07) is 7.88. The van der Waals surface area contributed by atoms with E-state index in [2.05, 4.69) is 10.4 Å². The number of halogens is 2. The molecule has 0 saturated carbocycles. The van der Waals surface area contributed by atoms with E-state index in [9.17, 15) is 23.5 Å². The van der Waals surface area contributed by atoms with Gasteiger partial charge in [-0.05, 0) is 35.7 Å². The highest BCUT2D eigenvalue weighted by atomic mass is 19.1. The molecule has 1 aliphatic heterocycles. The van der Waals surface area contributed by atoms with Gasteiger partial charge in [-0.25, -0.2) is 8.78 Å². The Labute approximate surface area is 164 Å². The molecule has 0 fully saturated rings. The number of carboxylic acid groups (broad SMARTS) is 1. The second-order valence-electron chi connectivity index (χ2n) is 6.19. The van der Waals surface area contributed by atoms with Gasteiger partial charge in [-0.3, -0.25) is 14.6 Å². The molecule has 7 nitrogen and oxygen atoms in total. The molecule has 0 radical (unpaired) electrons. The van der Waals surface area contributed by atoms with Crippen molar-refractivity contribution < 1.29 is 28.6 Å². The molecule has 1 amide bonds. The standard InChI is InChI=1S/C20H17F2N3O4/c1-2-24-25-10-16-14(11-6-12(21)8-13(22)7-11)4-3-5-15(16)19(28)18(25)20(29)23-9-17(26)27/h2-8,28H,9-10H2,1H3,(H,23,29)(H,26,27)/b24-2-. The van der Waals surface area contributed by atoms with Crippen LogP contribution in [0.1, 0.15) is 18.1 Å². The highest BCUT2D eigenvalue weighted by Crippen LogP contribution is 2.37. The van der Waals surface area contributed by atoms with Crippen LogP contribution in [0.15, 0.2) is 47.2 Å². The van der Waals surface area contributed by atoms with E-state index in [4.69, 9.17) is 5.11 Å². The number of aliphatic hydroxyl groups is 1.